The molecule has 232 valence electrons. The molecule has 0 heterocycles. The maximum absolute atomic E-state index is 11.9. The van der Waals surface area contributed by atoms with Gasteiger partial charge < -0.3 is 19.7 Å². The summed E-state index contributed by atoms with van der Waals surface area (Å²) in [6.45, 7) is 6.32. The van der Waals surface area contributed by atoms with Crippen LogP contribution < -0.4 is 0 Å². The number of hydrogen-bond acceptors (Lipinski definition) is 6. The molecule has 6 nitrogen and oxygen atoms in total. The normalized spacial score (nSPS) is 13.6. The van der Waals surface area contributed by atoms with Crippen LogP contribution in [0.3, 0.4) is 0 Å². The largest absolute Gasteiger partial charge is 0.463 e. The number of carbonyl (C=O) groups excluding carboxylic acids is 2. The van der Waals surface area contributed by atoms with Crippen molar-refractivity contribution in [1.29, 1.82) is 0 Å². The zero-order valence-electron chi connectivity index (χ0n) is 25.9. The van der Waals surface area contributed by atoms with E-state index < -0.39 is 12.2 Å². The van der Waals surface area contributed by atoms with E-state index >= 15 is 0 Å². The van der Waals surface area contributed by atoms with Gasteiger partial charge in [0.05, 0.1) is 6.10 Å². The highest BCUT2D eigenvalue weighted by Crippen LogP contribution is 2.13. The van der Waals surface area contributed by atoms with Crippen molar-refractivity contribution in [2.24, 2.45) is 5.92 Å². The van der Waals surface area contributed by atoms with Gasteiger partial charge in [0.1, 0.15) is 19.3 Å². The van der Waals surface area contributed by atoms with E-state index in [2.05, 4.69) is 32.9 Å². The number of aliphatic hydroxyl groups excluding tert-OH is 2. The van der Waals surface area contributed by atoms with Crippen LogP contribution in [0.2, 0.25) is 0 Å². The van der Waals surface area contributed by atoms with Crippen LogP contribution in [0.25, 0.3) is 0 Å². The van der Waals surface area contributed by atoms with E-state index in [1.165, 1.54) is 32.1 Å². The van der Waals surface area contributed by atoms with Crippen molar-refractivity contribution in [3.8, 4) is 0 Å². The van der Waals surface area contributed by atoms with Gasteiger partial charge in [0.25, 0.3) is 0 Å². The van der Waals surface area contributed by atoms with Crippen LogP contribution in [0, 0.1) is 5.92 Å². The minimum absolute atomic E-state index is 0.136. The number of unbranched alkanes of at least 4 members (excludes halogenated alkanes) is 11. The van der Waals surface area contributed by atoms with Crippen LogP contribution in [0.15, 0.2) is 36.5 Å². The molecule has 0 aliphatic rings. The number of rotatable bonds is 27. The summed E-state index contributed by atoms with van der Waals surface area (Å²) in [6.07, 6.45) is 28.2. The second-order valence-corrected chi connectivity index (χ2v) is 11.2. The summed E-state index contributed by atoms with van der Waals surface area (Å²) in [5, 5.41) is 19.7. The minimum atomic E-state index is -0.984. The monoisotopic (exact) mass is 564 g/mol. The summed E-state index contributed by atoms with van der Waals surface area (Å²) < 4.78 is 10.2. The lowest BCUT2D eigenvalue weighted by Gasteiger charge is -2.12. The van der Waals surface area contributed by atoms with Gasteiger partial charge in [-0.2, -0.15) is 0 Å². The van der Waals surface area contributed by atoms with Crippen molar-refractivity contribution in [3.63, 3.8) is 0 Å². The van der Waals surface area contributed by atoms with Gasteiger partial charge in [0.2, 0.25) is 0 Å². The van der Waals surface area contributed by atoms with Crippen LogP contribution in [-0.2, 0) is 19.1 Å². The fourth-order valence-electron chi connectivity index (χ4n) is 4.19. The third-order valence-electron chi connectivity index (χ3n) is 6.65. The molecule has 0 saturated carbocycles. The van der Waals surface area contributed by atoms with Gasteiger partial charge in [-0.3, -0.25) is 9.59 Å². The van der Waals surface area contributed by atoms with Gasteiger partial charge in [-0.15, -0.1) is 0 Å². The van der Waals surface area contributed by atoms with Gasteiger partial charge >= 0.3 is 11.9 Å². The Morgan fingerprint density at radius 1 is 0.675 bits per heavy atom. The zero-order chi connectivity index (χ0) is 29.7. The number of esters is 2. The summed E-state index contributed by atoms with van der Waals surface area (Å²) in [4.78, 5) is 23.7. The first-order valence-electron chi connectivity index (χ1n) is 16.0. The van der Waals surface area contributed by atoms with E-state index in [-0.39, 0.29) is 25.2 Å². The van der Waals surface area contributed by atoms with Crippen molar-refractivity contribution < 1.29 is 29.3 Å². The fourth-order valence-corrected chi connectivity index (χ4v) is 4.19. The molecule has 0 aliphatic carbocycles. The predicted octanol–water partition coefficient (Wildman–Crippen LogP) is 8.16. The molecule has 0 fully saturated rings. The standard InChI is InChI=1S/C34H60O6/c1-4-5-18-24-31(35)25-20-15-11-7-6-8-12-16-21-26-33(37)39-28-32(36)29-40-34(38)27-22-17-13-9-10-14-19-23-30(2)3/h5,11,15,18,20,25,30-32,35-36H,4,6-10,12-14,16-17,19,21-24,26-29H2,1-3H3/b15-11+,18-5+,25-20+/t31?,32-/m1/s1. The molecular formula is C34H60O6. The Labute approximate surface area is 245 Å². The Hall–Kier alpha value is -1.92. The van der Waals surface area contributed by atoms with Gasteiger partial charge in [-0.1, -0.05) is 121 Å². The van der Waals surface area contributed by atoms with Crippen molar-refractivity contribution in [2.45, 2.75) is 149 Å². The summed E-state index contributed by atoms with van der Waals surface area (Å²) >= 11 is 0. The molecule has 6 heteroatoms. The Morgan fingerprint density at radius 3 is 1.75 bits per heavy atom. The molecular weight excluding hydrogens is 504 g/mol. The molecule has 2 atom stereocenters. The Kier molecular flexibility index (Phi) is 27.2. The van der Waals surface area contributed by atoms with E-state index in [0.717, 1.165) is 70.1 Å². The molecule has 0 amide bonds. The summed E-state index contributed by atoms with van der Waals surface area (Å²) in [5.74, 6) is 0.163. The topological polar surface area (TPSA) is 93.1 Å². The SMILES string of the molecule is CC/C=C/CC(O)/C=C/C=C/CCCCCCCC(=O)OC[C@@H](O)COC(=O)CCCCCCCCCC(C)C. The van der Waals surface area contributed by atoms with E-state index in [1.807, 2.05) is 18.2 Å². The lowest BCUT2D eigenvalue weighted by molar-refractivity contribution is -0.152. The van der Waals surface area contributed by atoms with E-state index in [4.69, 9.17) is 9.47 Å². The van der Waals surface area contributed by atoms with Gasteiger partial charge in [0.15, 0.2) is 0 Å². The molecule has 0 radical (unpaired) electrons. The van der Waals surface area contributed by atoms with Crippen LogP contribution in [-0.4, -0.2) is 47.6 Å². The van der Waals surface area contributed by atoms with E-state index in [9.17, 15) is 19.8 Å². The number of ether oxygens (including phenoxy) is 2. The first kappa shape index (κ1) is 38.1. The van der Waals surface area contributed by atoms with Gasteiger partial charge in [0, 0.05) is 12.8 Å². The second kappa shape index (κ2) is 28.6. The van der Waals surface area contributed by atoms with Crippen LogP contribution >= 0.6 is 0 Å². The molecule has 0 saturated heterocycles. The van der Waals surface area contributed by atoms with Crippen molar-refractivity contribution in [3.05, 3.63) is 36.5 Å². The average Bonchev–Trinajstić information content (AvgIpc) is 2.92. The van der Waals surface area contributed by atoms with E-state index in [0.29, 0.717) is 19.3 Å². The number of allylic oxidation sites excluding steroid dienone is 4. The van der Waals surface area contributed by atoms with E-state index in [1.54, 1.807) is 6.08 Å². The third-order valence-corrected chi connectivity index (χ3v) is 6.65. The molecule has 0 bridgehead atoms. The summed E-state index contributed by atoms with van der Waals surface area (Å²) in [5.41, 5.74) is 0. The molecule has 0 rings (SSSR count). The zero-order valence-corrected chi connectivity index (χ0v) is 25.9. The molecule has 0 spiro atoms. The first-order valence-corrected chi connectivity index (χ1v) is 16.0. The molecule has 0 aromatic carbocycles. The molecule has 40 heavy (non-hydrogen) atoms. The van der Waals surface area contributed by atoms with Gasteiger partial charge in [-0.05, 0) is 44.4 Å². The number of carbonyl (C=O) groups is 2. The highest BCUT2D eigenvalue weighted by Gasteiger charge is 2.12. The van der Waals surface area contributed by atoms with Crippen LogP contribution in [0.1, 0.15) is 136 Å². The Balaban J connectivity index is 3.56. The highest BCUT2D eigenvalue weighted by molar-refractivity contribution is 5.69. The summed E-state index contributed by atoms with van der Waals surface area (Å²) in [7, 11) is 0. The maximum atomic E-state index is 11.9. The lowest BCUT2D eigenvalue weighted by Crippen LogP contribution is -2.25. The van der Waals surface area contributed by atoms with Crippen molar-refractivity contribution in [2.75, 3.05) is 13.2 Å². The molecule has 0 aromatic heterocycles. The number of hydrogen-bond donors (Lipinski definition) is 2. The van der Waals surface area contributed by atoms with Gasteiger partial charge in [-0.25, -0.2) is 0 Å². The minimum Gasteiger partial charge on any atom is -0.463 e. The predicted molar refractivity (Wildman–Crippen MR) is 165 cm³/mol. The number of aliphatic hydroxyl groups is 2. The lowest BCUT2D eigenvalue weighted by atomic mass is 10.0. The molecule has 0 aromatic rings. The summed E-state index contributed by atoms with van der Waals surface area (Å²) in [6, 6.07) is 0. The quantitative estimate of drug-likeness (QED) is 0.0452. The first-order chi connectivity index (χ1) is 19.3. The van der Waals surface area contributed by atoms with Crippen LogP contribution in [0.4, 0.5) is 0 Å². The molecule has 1 unspecified atom stereocenters. The van der Waals surface area contributed by atoms with Crippen molar-refractivity contribution >= 4 is 11.9 Å². The Bertz CT molecular complexity index is 682. The smallest absolute Gasteiger partial charge is 0.305 e. The average molecular weight is 565 g/mol. The highest BCUT2D eigenvalue weighted by atomic mass is 16.6. The van der Waals surface area contributed by atoms with Crippen molar-refractivity contribution in [1.82, 2.24) is 0 Å². The molecule has 0 aliphatic heterocycles. The third kappa shape index (κ3) is 29.1. The Morgan fingerprint density at radius 2 is 1.20 bits per heavy atom. The molecule has 2 N–H and O–H groups in total. The fraction of sp³-hybridized carbons (Fsp3) is 0.765. The second-order valence-electron chi connectivity index (χ2n) is 11.2. The van der Waals surface area contributed by atoms with Crippen LogP contribution in [0.5, 0.6) is 0 Å². The maximum Gasteiger partial charge on any atom is 0.305 e.